The van der Waals surface area contributed by atoms with Crippen LogP contribution in [0.3, 0.4) is 0 Å². The maximum absolute atomic E-state index is 5.73. The average Bonchev–Trinajstić information content (AvgIpc) is 2.80. The zero-order chi connectivity index (χ0) is 12.6. The third kappa shape index (κ3) is 4.14. The van der Waals surface area contributed by atoms with Crippen LogP contribution in [0.1, 0.15) is 25.0 Å². The summed E-state index contributed by atoms with van der Waals surface area (Å²) >= 11 is 3.43. The predicted molar refractivity (Wildman–Crippen MR) is 78.4 cm³/mol. The predicted octanol–water partition coefficient (Wildman–Crippen LogP) is 4.56. The van der Waals surface area contributed by atoms with E-state index >= 15 is 0 Å². The van der Waals surface area contributed by atoms with Crippen LogP contribution in [0, 0.1) is 0 Å². The zero-order valence-corrected chi connectivity index (χ0v) is 12.1. The molecular weight excluding hydrogens is 292 g/mol. The molecule has 0 atom stereocenters. The molecule has 1 heterocycles. The zero-order valence-electron chi connectivity index (χ0n) is 10.5. The third-order valence-electron chi connectivity index (χ3n) is 2.89. The topological polar surface area (TPSA) is 22.4 Å². The summed E-state index contributed by atoms with van der Waals surface area (Å²) in [6.45, 7) is 1.60. The van der Waals surface area contributed by atoms with Crippen molar-refractivity contribution >= 4 is 26.9 Å². The molecule has 0 amide bonds. The van der Waals surface area contributed by atoms with Crippen LogP contribution in [0.2, 0.25) is 0 Å². The Kier molecular flexibility index (Phi) is 5.75. The van der Waals surface area contributed by atoms with E-state index in [1.807, 2.05) is 18.2 Å². The van der Waals surface area contributed by atoms with Gasteiger partial charge in [0, 0.05) is 23.7 Å². The van der Waals surface area contributed by atoms with E-state index in [9.17, 15) is 0 Å². The second-order valence-corrected chi connectivity index (χ2v) is 5.16. The number of unbranched alkanes of at least 4 members (excludes halogenated alkanes) is 2. The molecule has 0 saturated carbocycles. The highest BCUT2D eigenvalue weighted by atomic mass is 79.9. The number of furan rings is 1. The van der Waals surface area contributed by atoms with Gasteiger partial charge in [0.15, 0.2) is 0 Å². The van der Waals surface area contributed by atoms with Gasteiger partial charge < -0.3 is 9.15 Å². The lowest BCUT2D eigenvalue weighted by atomic mass is 10.2. The van der Waals surface area contributed by atoms with Gasteiger partial charge in [-0.05, 0) is 25.0 Å². The number of rotatable bonds is 8. The molecule has 2 rings (SSSR count). The van der Waals surface area contributed by atoms with Crippen LogP contribution in [0.25, 0.3) is 11.0 Å². The minimum atomic E-state index is 0.744. The Morgan fingerprint density at radius 1 is 1.06 bits per heavy atom. The molecule has 0 spiro atoms. The molecule has 0 aliphatic carbocycles. The molecule has 0 radical (unpaired) electrons. The number of hydrogen-bond acceptors (Lipinski definition) is 2. The van der Waals surface area contributed by atoms with E-state index in [0.717, 1.165) is 42.7 Å². The first-order chi connectivity index (χ1) is 8.90. The number of alkyl halides is 1. The van der Waals surface area contributed by atoms with Crippen LogP contribution >= 0.6 is 15.9 Å². The number of fused-ring (bicyclic) bond motifs is 1. The Morgan fingerprint density at radius 3 is 2.78 bits per heavy atom. The number of halogens is 1. The largest absolute Gasteiger partial charge is 0.461 e. The van der Waals surface area contributed by atoms with Crippen LogP contribution in [0.15, 0.2) is 34.7 Å². The van der Waals surface area contributed by atoms with Crippen molar-refractivity contribution in [1.29, 1.82) is 0 Å². The molecule has 0 aliphatic rings. The molecule has 0 saturated heterocycles. The van der Waals surface area contributed by atoms with Gasteiger partial charge in [0.05, 0.1) is 6.61 Å². The van der Waals surface area contributed by atoms with Crippen LogP contribution in [0.5, 0.6) is 0 Å². The highest BCUT2D eigenvalue weighted by Gasteiger charge is 2.02. The van der Waals surface area contributed by atoms with E-state index < -0.39 is 0 Å². The fourth-order valence-corrected chi connectivity index (χ4v) is 2.31. The maximum atomic E-state index is 5.73. The smallest absolute Gasteiger partial charge is 0.134 e. The van der Waals surface area contributed by atoms with Crippen molar-refractivity contribution < 1.29 is 9.15 Å². The van der Waals surface area contributed by atoms with Gasteiger partial charge in [-0.25, -0.2) is 0 Å². The first-order valence-corrected chi connectivity index (χ1v) is 7.63. The van der Waals surface area contributed by atoms with E-state index in [-0.39, 0.29) is 0 Å². The summed E-state index contributed by atoms with van der Waals surface area (Å²) in [5, 5.41) is 2.26. The average molecular weight is 311 g/mol. The van der Waals surface area contributed by atoms with Crippen molar-refractivity contribution in [3.63, 3.8) is 0 Å². The molecule has 18 heavy (non-hydrogen) atoms. The summed E-state index contributed by atoms with van der Waals surface area (Å²) < 4.78 is 11.3. The van der Waals surface area contributed by atoms with Gasteiger partial charge in [-0.1, -0.05) is 40.5 Å². The second-order valence-electron chi connectivity index (χ2n) is 4.36. The molecule has 0 unspecified atom stereocenters. The van der Waals surface area contributed by atoms with Crippen molar-refractivity contribution in [2.75, 3.05) is 18.5 Å². The molecule has 0 N–H and O–H groups in total. The maximum Gasteiger partial charge on any atom is 0.134 e. The van der Waals surface area contributed by atoms with E-state index in [1.165, 1.54) is 18.2 Å². The molecule has 3 heteroatoms. The van der Waals surface area contributed by atoms with Crippen molar-refractivity contribution in [3.05, 3.63) is 36.1 Å². The van der Waals surface area contributed by atoms with Gasteiger partial charge in [-0.2, -0.15) is 0 Å². The fraction of sp³-hybridized carbons (Fsp3) is 0.467. The van der Waals surface area contributed by atoms with E-state index in [2.05, 4.69) is 28.1 Å². The summed E-state index contributed by atoms with van der Waals surface area (Å²) in [5.41, 5.74) is 0.963. The molecule has 1 aromatic heterocycles. The van der Waals surface area contributed by atoms with Crippen molar-refractivity contribution in [2.24, 2.45) is 0 Å². The van der Waals surface area contributed by atoms with Gasteiger partial charge in [0.1, 0.15) is 11.3 Å². The van der Waals surface area contributed by atoms with Gasteiger partial charge in [-0.3, -0.25) is 0 Å². The molecular formula is C15H19BrO2. The van der Waals surface area contributed by atoms with E-state index in [0.29, 0.717) is 0 Å². The standard InChI is InChI=1S/C15H19BrO2/c16-9-4-1-5-10-17-11-8-14-12-13-6-2-3-7-15(13)18-14/h2-3,6-7,12H,1,4-5,8-11H2. The molecule has 0 bridgehead atoms. The Labute approximate surface area is 116 Å². The number of hydrogen-bond donors (Lipinski definition) is 0. The Morgan fingerprint density at radius 2 is 1.94 bits per heavy atom. The lowest BCUT2D eigenvalue weighted by Crippen LogP contribution is -1.99. The highest BCUT2D eigenvalue weighted by Crippen LogP contribution is 2.18. The minimum absolute atomic E-state index is 0.744. The van der Waals surface area contributed by atoms with Crippen molar-refractivity contribution in [3.8, 4) is 0 Å². The van der Waals surface area contributed by atoms with Gasteiger partial charge in [0.2, 0.25) is 0 Å². The molecule has 2 aromatic rings. The van der Waals surface area contributed by atoms with Crippen LogP contribution in [-0.2, 0) is 11.2 Å². The Bertz CT molecular complexity index is 431. The summed E-state index contributed by atoms with van der Waals surface area (Å²) in [6.07, 6.45) is 4.46. The second kappa shape index (κ2) is 7.59. The van der Waals surface area contributed by atoms with E-state index in [4.69, 9.17) is 9.15 Å². The fourth-order valence-electron chi connectivity index (χ4n) is 1.91. The first kappa shape index (κ1) is 13.6. The Balaban J connectivity index is 1.67. The SMILES string of the molecule is BrCCCCCOCCc1cc2ccccc2o1. The van der Waals surface area contributed by atoms with Crippen LogP contribution in [0.4, 0.5) is 0 Å². The van der Waals surface area contributed by atoms with Crippen molar-refractivity contribution in [2.45, 2.75) is 25.7 Å². The summed E-state index contributed by atoms with van der Waals surface area (Å²) in [6, 6.07) is 10.2. The monoisotopic (exact) mass is 310 g/mol. The number of para-hydroxylation sites is 1. The summed E-state index contributed by atoms with van der Waals surface area (Å²) in [4.78, 5) is 0. The molecule has 98 valence electrons. The Hall–Kier alpha value is -0.800. The first-order valence-electron chi connectivity index (χ1n) is 6.51. The van der Waals surface area contributed by atoms with E-state index in [1.54, 1.807) is 0 Å². The van der Waals surface area contributed by atoms with Crippen LogP contribution in [-0.4, -0.2) is 18.5 Å². The summed E-state index contributed by atoms with van der Waals surface area (Å²) in [7, 11) is 0. The molecule has 1 aromatic carbocycles. The lowest BCUT2D eigenvalue weighted by Gasteiger charge is -2.02. The molecule has 0 fully saturated rings. The summed E-state index contributed by atoms with van der Waals surface area (Å²) in [5.74, 6) is 1.01. The van der Waals surface area contributed by atoms with Crippen molar-refractivity contribution in [1.82, 2.24) is 0 Å². The quantitative estimate of drug-likeness (QED) is 0.527. The van der Waals surface area contributed by atoms with Crippen LogP contribution < -0.4 is 0 Å². The van der Waals surface area contributed by atoms with Gasteiger partial charge in [0.25, 0.3) is 0 Å². The molecule has 0 aliphatic heterocycles. The van der Waals surface area contributed by atoms with Gasteiger partial charge in [-0.15, -0.1) is 0 Å². The minimum Gasteiger partial charge on any atom is -0.461 e. The normalized spacial score (nSPS) is 11.2. The highest BCUT2D eigenvalue weighted by molar-refractivity contribution is 9.09. The number of benzene rings is 1. The lowest BCUT2D eigenvalue weighted by molar-refractivity contribution is 0.130. The van der Waals surface area contributed by atoms with Gasteiger partial charge >= 0.3 is 0 Å². The third-order valence-corrected chi connectivity index (χ3v) is 3.45. The number of ether oxygens (including phenoxy) is 1. The molecule has 2 nitrogen and oxygen atoms in total.